The first kappa shape index (κ1) is 15.6. The van der Waals surface area contributed by atoms with Gasteiger partial charge in [-0.3, -0.25) is 9.59 Å². The van der Waals surface area contributed by atoms with E-state index in [1.54, 1.807) is 31.2 Å². The molecule has 0 N–H and O–H groups in total. The van der Waals surface area contributed by atoms with Gasteiger partial charge in [-0.25, -0.2) is 4.79 Å². The van der Waals surface area contributed by atoms with E-state index in [4.69, 9.17) is 4.74 Å². The van der Waals surface area contributed by atoms with Gasteiger partial charge in [0.15, 0.2) is 5.78 Å². The molecular formula is C18H16O4S. The first-order chi connectivity index (χ1) is 11.1. The zero-order valence-corrected chi connectivity index (χ0v) is 13.8. The molecule has 0 aliphatic heterocycles. The van der Waals surface area contributed by atoms with Gasteiger partial charge in [0.05, 0.1) is 11.5 Å². The fourth-order valence-corrected chi connectivity index (χ4v) is 4.05. The quantitative estimate of drug-likeness (QED) is 0.686. The van der Waals surface area contributed by atoms with Crippen LogP contribution in [0.2, 0.25) is 0 Å². The first-order valence-electron chi connectivity index (χ1n) is 7.61. The van der Waals surface area contributed by atoms with Crippen molar-refractivity contribution >= 4 is 28.9 Å². The molecule has 0 bridgehead atoms. The van der Waals surface area contributed by atoms with Gasteiger partial charge in [-0.2, -0.15) is 0 Å². The van der Waals surface area contributed by atoms with E-state index in [1.165, 1.54) is 0 Å². The van der Waals surface area contributed by atoms with Gasteiger partial charge in [-0.15, -0.1) is 11.3 Å². The minimum atomic E-state index is -0.458. The van der Waals surface area contributed by atoms with Gasteiger partial charge in [0, 0.05) is 16.7 Å². The van der Waals surface area contributed by atoms with E-state index < -0.39 is 5.97 Å². The number of thiophene rings is 1. The molecule has 1 aliphatic carbocycles. The van der Waals surface area contributed by atoms with Crippen LogP contribution in [-0.2, 0) is 11.2 Å². The molecule has 0 saturated carbocycles. The van der Waals surface area contributed by atoms with E-state index in [0.717, 1.165) is 17.8 Å². The maximum atomic E-state index is 12.8. The molecule has 1 heterocycles. The number of carbonyl (C=O) groups excluding carboxylic acids is 3. The molecule has 23 heavy (non-hydrogen) atoms. The van der Waals surface area contributed by atoms with Crippen molar-refractivity contribution in [2.45, 2.75) is 26.7 Å². The highest BCUT2D eigenvalue weighted by molar-refractivity contribution is 7.16. The Morgan fingerprint density at radius 2 is 1.74 bits per heavy atom. The number of hydrogen-bond acceptors (Lipinski definition) is 5. The minimum Gasteiger partial charge on any atom is -0.462 e. The number of ether oxygens (including phenoxy) is 1. The van der Waals surface area contributed by atoms with Gasteiger partial charge in [-0.1, -0.05) is 37.6 Å². The van der Waals surface area contributed by atoms with Crippen molar-refractivity contribution in [2.24, 2.45) is 0 Å². The molecule has 0 fully saturated rings. The molecule has 1 aromatic carbocycles. The second kappa shape index (κ2) is 6.08. The van der Waals surface area contributed by atoms with E-state index >= 15 is 0 Å². The van der Waals surface area contributed by atoms with Gasteiger partial charge in [0.25, 0.3) is 0 Å². The van der Waals surface area contributed by atoms with Crippen LogP contribution in [0.15, 0.2) is 24.3 Å². The number of carbonyl (C=O) groups is 3. The minimum absolute atomic E-state index is 0.176. The van der Waals surface area contributed by atoms with Gasteiger partial charge < -0.3 is 4.74 Å². The highest BCUT2D eigenvalue weighted by Gasteiger charge is 2.36. The Bertz CT molecular complexity index is 816. The fraction of sp³-hybridized carbons (Fsp3) is 0.278. The molecule has 3 rings (SSSR count). The van der Waals surface area contributed by atoms with Crippen LogP contribution < -0.4 is 0 Å². The third kappa shape index (κ3) is 2.41. The number of hydrogen-bond donors (Lipinski definition) is 0. The van der Waals surface area contributed by atoms with Crippen molar-refractivity contribution < 1.29 is 19.1 Å². The van der Waals surface area contributed by atoms with Crippen LogP contribution in [0, 0.1) is 0 Å². The fourth-order valence-electron chi connectivity index (χ4n) is 2.85. The van der Waals surface area contributed by atoms with Gasteiger partial charge >= 0.3 is 5.97 Å². The summed E-state index contributed by atoms with van der Waals surface area (Å²) in [5.41, 5.74) is 1.86. The lowest BCUT2D eigenvalue weighted by molar-refractivity contribution is 0.0531. The van der Waals surface area contributed by atoms with E-state index in [2.05, 4.69) is 0 Å². The second-order valence-electron chi connectivity index (χ2n) is 5.29. The Labute approximate surface area is 138 Å². The zero-order chi connectivity index (χ0) is 16.6. The van der Waals surface area contributed by atoms with Gasteiger partial charge in [0.2, 0.25) is 5.78 Å². The molecular weight excluding hydrogens is 312 g/mol. The Hall–Kier alpha value is -2.27. The molecule has 1 aromatic heterocycles. The van der Waals surface area contributed by atoms with Gasteiger partial charge in [-0.05, 0) is 18.9 Å². The highest BCUT2D eigenvalue weighted by atomic mass is 32.1. The lowest BCUT2D eigenvalue weighted by Gasteiger charge is -2.15. The van der Waals surface area contributed by atoms with Crippen molar-refractivity contribution in [1.82, 2.24) is 0 Å². The maximum Gasteiger partial charge on any atom is 0.348 e. The van der Waals surface area contributed by atoms with Crippen LogP contribution in [0.5, 0.6) is 0 Å². The van der Waals surface area contributed by atoms with Crippen LogP contribution in [0.3, 0.4) is 0 Å². The molecule has 5 heteroatoms. The van der Waals surface area contributed by atoms with Crippen LogP contribution in [0.4, 0.5) is 0 Å². The maximum absolute atomic E-state index is 12.8. The number of benzene rings is 1. The predicted octanol–water partition coefficient (Wildman–Crippen LogP) is 3.65. The third-order valence-corrected chi connectivity index (χ3v) is 5.03. The molecule has 0 radical (unpaired) electrons. The summed E-state index contributed by atoms with van der Waals surface area (Å²) >= 11 is 1.08. The molecule has 2 aromatic rings. The normalized spacial score (nSPS) is 12.8. The van der Waals surface area contributed by atoms with E-state index in [1.807, 2.05) is 6.92 Å². The Kier molecular flexibility index (Phi) is 4.13. The molecule has 118 valence electrons. The summed E-state index contributed by atoms with van der Waals surface area (Å²) < 4.78 is 5.09. The monoisotopic (exact) mass is 328 g/mol. The standard InChI is InChI=1S/C18H16O4S/c1-3-7-12-13-14(19)10-8-5-6-9-11(10)15(20)17(13)23-16(12)18(21)22-4-2/h5-6,8-9H,3-4,7H2,1-2H3. The summed E-state index contributed by atoms with van der Waals surface area (Å²) in [6, 6.07) is 6.80. The number of rotatable bonds is 4. The van der Waals surface area contributed by atoms with Gasteiger partial charge in [0.1, 0.15) is 4.88 Å². The molecule has 0 amide bonds. The van der Waals surface area contributed by atoms with Crippen molar-refractivity contribution in [1.29, 1.82) is 0 Å². The zero-order valence-electron chi connectivity index (χ0n) is 13.0. The topological polar surface area (TPSA) is 60.4 Å². The highest BCUT2D eigenvalue weighted by Crippen LogP contribution is 2.38. The largest absolute Gasteiger partial charge is 0.462 e. The van der Waals surface area contributed by atoms with Crippen molar-refractivity contribution in [3.05, 3.63) is 56.3 Å². The smallest absolute Gasteiger partial charge is 0.348 e. The first-order valence-corrected chi connectivity index (χ1v) is 8.43. The predicted molar refractivity (Wildman–Crippen MR) is 87.6 cm³/mol. The summed E-state index contributed by atoms with van der Waals surface area (Å²) in [6.45, 7) is 3.97. The average molecular weight is 328 g/mol. The summed E-state index contributed by atoms with van der Waals surface area (Å²) in [6.07, 6.45) is 1.35. The second-order valence-corrected chi connectivity index (χ2v) is 6.31. The van der Waals surface area contributed by atoms with Crippen molar-refractivity contribution in [3.8, 4) is 0 Å². The molecule has 0 atom stereocenters. The van der Waals surface area contributed by atoms with Crippen LogP contribution in [-0.4, -0.2) is 24.1 Å². The molecule has 0 spiro atoms. The van der Waals surface area contributed by atoms with E-state index in [0.29, 0.717) is 38.4 Å². The van der Waals surface area contributed by atoms with Crippen molar-refractivity contribution in [2.75, 3.05) is 6.61 Å². The molecule has 4 nitrogen and oxygen atoms in total. The Balaban J connectivity index is 2.22. The number of esters is 1. The van der Waals surface area contributed by atoms with E-state index in [9.17, 15) is 14.4 Å². The third-order valence-electron chi connectivity index (χ3n) is 3.82. The molecule has 0 unspecified atom stereocenters. The summed E-state index contributed by atoms with van der Waals surface area (Å²) in [7, 11) is 0. The molecule has 0 saturated heterocycles. The Morgan fingerprint density at radius 1 is 1.09 bits per heavy atom. The lowest BCUT2D eigenvalue weighted by atomic mass is 9.86. The van der Waals surface area contributed by atoms with Crippen LogP contribution >= 0.6 is 11.3 Å². The van der Waals surface area contributed by atoms with E-state index in [-0.39, 0.29) is 18.2 Å². The van der Waals surface area contributed by atoms with Crippen molar-refractivity contribution in [3.63, 3.8) is 0 Å². The van der Waals surface area contributed by atoms with Crippen LogP contribution in [0.25, 0.3) is 0 Å². The Morgan fingerprint density at radius 3 is 2.35 bits per heavy atom. The summed E-state index contributed by atoms with van der Waals surface area (Å²) in [5.74, 6) is -0.821. The SMILES string of the molecule is CCCc1c(C(=O)OCC)sc2c1C(=O)c1ccccc1C2=O. The number of ketones is 2. The number of fused-ring (bicyclic) bond motifs is 2. The summed E-state index contributed by atoms with van der Waals surface area (Å²) in [5, 5.41) is 0. The summed E-state index contributed by atoms with van der Waals surface area (Å²) in [4.78, 5) is 38.5. The lowest BCUT2D eigenvalue weighted by Crippen LogP contribution is -2.20. The average Bonchev–Trinajstić information content (AvgIpc) is 2.93. The molecule has 1 aliphatic rings. The van der Waals surface area contributed by atoms with Crippen LogP contribution in [0.1, 0.15) is 66.7 Å².